The van der Waals surface area contributed by atoms with E-state index in [0.29, 0.717) is 0 Å². The summed E-state index contributed by atoms with van der Waals surface area (Å²) in [6.07, 6.45) is 0. The van der Waals surface area contributed by atoms with E-state index in [0.717, 1.165) is 33.4 Å². The van der Waals surface area contributed by atoms with Crippen LogP contribution in [0.3, 0.4) is 0 Å². The molecule has 6 rings (SSSR count). The fourth-order valence-electron chi connectivity index (χ4n) is 9.11. The summed E-state index contributed by atoms with van der Waals surface area (Å²) >= 11 is 0. The molecule has 6 aromatic rings. The van der Waals surface area contributed by atoms with Gasteiger partial charge in [0, 0.05) is 5.41 Å². The van der Waals surface area contributed by atoms with E-state index in [9.17, 15) is 0 Å². The third kappa shape index (κ3) is 4.51. The van der Waals surface area contributed by atoms with Gasteiger partial charge in [-0.1, -0.05) is 24.3 Å². The van der Waals surface area contributed by atoms with Gasteiger partial charge < -0.3 is 0 Å². The lowest BCUT2D eigenvalue weighted by Gasteiger charge is -2.36. The first-order valence-corrected chi connectivity index (χ1v) is 17.6. The van der Waals surface area contributed by atoms with E-state index in [2.05, 4.69) is 134 Å². The summed E-state index contributed by atoms with van der Waals surface area (Å²) in [6.45, 7) is 40.6. The fraction of sp³-hybridized carbons (Fsp3) is 0.442. The Balaban J connectivity index is 1.59. The molecule has 0 saturated heterocycles. The maximum Gasteiger partial charge on any atom is 0.117 e. The van der Waals surface area contributed by atoms with E-state index in [-0.39, 0.29) is 5.41 Å². The van der Waals surface area contributed by atoms with Gasteiger partial charge in [-0.2, -0.15) is 0 Å². The van der Waals surface area contributed by atoms with Crippen LogP contribution in [0.1, 0.15) is 114 Å². The summed E-state index contributed by atoms with van der Waals surface area (Å²) in [5, 5.41) is 19.1. The van der Waals surface area contributed by atoms with Gasteiger partial charge >= 0.3 is 0 Å². The number of fused-ring (bicyclic) bond motifs is 2. The van der Waals surface area contributed by atoms with Crippen LogP contribution >= 0.6 is 0 Å². The molecule has 0 saturated carbocycles. The number of nitrogens with zero attached hydrogens (tertiary/aromatic N) is 6. The van der Waals surface area contributed by atoms with Crippen LogP contribution in [0, 0.1) is 111 Å². The minimum atomic E-state index is -0.264. The van der Waals surface area contributed by atoms with Gasteiger partial charge in [-0.25, -0.2) is 9.36 Å². The normalized spacial score (nSPS) is 12.3. The van der Waals surface area contributed by atoms with Crippen LogP contribution in [0.4, 0.5) is 0 Å². The number of aryl methyl sites for hydroxylation is 4. The van der Waals surface area contributed by atoms with E-state index in [1.807, 2.05) is 0 Å². The summed E-state index contributed by atoms with van der Waals surface area (Å²) < 4.78 is 4.22. The lowest BCUT2D eigenvalue weighted by molar-refractivity contribution is 0.616. The second-order valence-electron chi connectivity index (χ2n) is 15.5. The molecule has 0 bridgehead atoms. The Kier molecular flexibility index (Phi) is 8.01. The predicted octanol–water partition coefficient (Wildman–Crippen LogP) is 10.4. The molecule has 6 nitrogen and oxygen atoms in total. The van der Waals surface area contributed by atoms with E-state index < -0.39 is 0 Å². The third-order valence-electron chi connectivity index (χ3n) is 13.0. The van der Waals surface area contributed by atoms with Crippen molar-refractivity contribution in [3.8, 4) is 11.4 Å². The number of hydrogen-bond acceptors (Lipinski definition) is 4. The van der Waals surface area contributed by atoms with Crippen LogP contribution in [-0.2, 0) is 5.41 Å². The maximum absolute atomic E-state index is 4.81. The van der Waals surface area contributed by atoms with Crippen LogP contribution in [-0.4, -0.2) is 30.0 Å². The van der Waals surface area contributed by atoms with Crippen LogP contribution in [0.2, 0.25) is 0 Å². The van der Waals surface area contributed by atoms with E-state index >= 15 is 0 Å². The largest absolute Gasteiger partial charge is 0.212 e. The van der Waals surface area contributed by atoms with Crippen LogP contribution < -0.4 is 0 Å². The van der Waals surface area contributed by atoms with Gasteiger partial charge in [0.05, 0.1) is 22.4 Å². The summed E-state index contributed by atoms with van der Waals surface area (Å²) in [6, 6.07) is 0. The molecule has 256 valence electrons. The Bertz CT molecular complexity index is 2180. The number of benzene rings is 4. The zero-order valence-corrected chi connectivity index (χ0v) is 33.2. The summed E-state index contributed by atoms with van der Waals surface area (Å²) in [5.74, 6) is 0. The van der Waals surface area contributed by atoms with Crippen molar-refractivity contribution in [3.05, 3.63) is 100 Å². The Morgan fingerprint density at radius 2 is 0.592 bits per heavy atom. The van der Waals surface area contributed by atoms with Gasteiger partial charge in [0.2, 0.25) is 0 Å². The molecular formula is C43H54N6. The van der Waals surface area contributed by atoms with Crippen molar-refractivity contribution in [1.82, 2.24) is 30.0 Å². The second kappa shape index (κ2) is 11.4. The van der Waals surface area contributed by atoms with Gasteiger partial charge in [0.25, 0.3) is 0 Å². The van der Waals surface area contributed by atoms with Crippen molar-refractivity contribution < 1.29 is 0 Å². The molecule has 0 aliphatic rings. The van der Waals surface area contributed by atoms with Gasteiger partial charge in [-0.15, -0.1) is 10.2 Å². The first-order valence-electron chi connectivity index (χ1n) is 17.6. The molecule has 4 aromatic carbocycles. The number of rotatable bonds is 4. The zero-order chi connectivity index (χ0) is 36.3. The monoisotopic (exact) mass is 654 g/mol. The average molecular weight is 655 g/mol. The van der Waals surface area contributed by atoms with Crippen molar-refractivity contribution in [2.24, 2.45) is 0 Å². The van der Waals surface area contributed by atoms with E-state index in [1.54, 1.807) is 0 Å². The van der Waals surface area contributed by atoms with E-state index in [4.69, 9.17) is 20.6 Å². The van der Waals surface area contributed by atoms with Crippen LogP contribution in [0.15, 0.2) is 0 Å². The molecule has 0 fully saturated rings. The highest BCUT2D eigenvalue weighted by molar-refractivity contribution is 5.87. The smallest absolute Gasteiger partial charge is 0.117 e. The Morgan fingerprint density at radius 3 is 0.878 bits per heavy atom. The lowest BCUT2D eigenvalue weighted by Crippen LogP contribution is -2.27. The molecule has 6 heteroatoms. The number of hydrogen-bond donors (Lipinski definition) is 0. The second-order valence-corrected chi connectivity index (χ2v) is 15.5. The molecule has 49 heavy (non-hydrogen) atoms. The van der Waals surface area contributed by atoms with Crippen LogP contribution in [0.5, 0.6) is 0 Å². The molecule has 0 aliphatic carbocycles. The molecular weight excluding hydrogens is 601 g/mol. The Hall–Kier alpha value is -4.32. The third-order valence-corrected chi connectivity index (χ3v) is 13.0. The quantitative estimate of drug-likeness (QED) is 0.190. The highest BCUT2D eigenvalue weighted by atomic mass is 15.4. The molecule has 2 heterocycles. The molecule has 0 atom stereocenters. The molecule has 2 aromatic heterocycles. The van der Waals surface area contributed by atoms with Crippen molar-refractivity contribution in [2.45, 2.75) is 130 Å². The standard InChI is InChI=1S/C43H54N6/c1-19-21(3)29(11)41-37(27(19)9)44-46-48(41)39-31(13)23(5)35(24(6)32(39)14)43(17,18)36-25(7)33(15)40(34(16)26(36)8)49-42-30(12)22(4)20(2)28(10)38(42)45-47-49/h1-18H3. The highest BCUT2D eigenvalue weighted by Gasteiger charge is 2.35. The predicted molar refractivity (Wildman–Crippen MR) is 206 cm³/mol. The SMILES string of the molecule is Cc1c(C)c(C(C)(C)c2c(C)c(C)c(-n3nnc4c(C)c(C)c(C)c(C)c43)c(C)c2C)c(C)c(C)c1-n1nnc2c(C)c(C)c(C)c(C)c21. The van der Waals surface area contributed by atoms with Crippen LogP contribution in [0.25, 0.3) is 33.4 Å². The Morgan fingerprint density at radius 1 is 0.327 bits per heavy atom. The molecule has 0 aliphatic heterocycles. The van der Waals surface area contributed by atoms with Gasteiger partial charge in [0.15, 0.2) is 0 Å². The molecule has 0 N–H and O–H groups in total. The zero-order valence-electron chi connectivity index (χ0n) is 33.2. The van der Waals surface area contributed by atoms with Crippen molar-refractivity contribution in [1.29, 1.82) is 0 Å². The molecule has 0 radical (unpaired) electrons. The molecule has 0 amide bonds. The first kappa shape index (κ1) is 34.5. The minimum absolute atomic E-state index is 0.264. The molecule has 0 unspecified atom stereocenters. The summed E-state index contributed by atoms with van der Waals surface area (Å²) in [7, 11) is 0. The van der Waals surface area contributed by atoms with Gasteiger partial charge in [0.1, 0.15) is 11.0 Å². The topological polar surface area (TPSA) is 61.4 Å². The van der Waals surface area contributed by atoms with Crippen molar-refractivity contribution in [3.63, 3.8) is 0 Å². The van der Waals surface area contributed by atoms with Gasteiger partial charge in [-0.05, 0) is 211 Å². The summed E-state index contributed by atoms with van der Waals surface area (Å²) in [5.41, 5.74) is 29.4. The average Bonchev–Trinajstić information content (AvgIpc) is 3.68. The highest BCUT2D eigenvalue weighted by Crippen LogP contribution is 2.46. The maximum atomic E-state index is 4.81. The van der Waals surface area contributed by atoms with E-state index in [1.165, 1.54) is 100 Å². The van der Waals surface area contributed by atoms with Crippen molar-refractivity contribution in [2.75, 3.05) is 0 Å². The number of aromatic nitrogens is 6. The fourth-order valence-corrected chi connectivity index (χ4v) is 9.11. The molecule has 0 spiro atoms. The lowest BCUT2D eigenvalue weighted by atomic mass is 9.68. The first-order chi connectivity index (χ1) is 22.8. The van der Waals surface area contributed by atoms with Gasteiger partial charge in [-0.3, -0.25) is 0 Å². The summed E-state index contributed by atoms with van der Waals surface area (Å²) in [4.78, 5) is 0. The Labute approximate surface area is 292 Å². The minimum Gasteiger partial charge on any atom is -0.212 e. The van der Waals surface area contributed by atoms with Crippen molar-refractivity contribution >= 4 is 22.1 Å².